The van der Waals surface area contributed by atoms with Gasteiger partial charge in [0.05, 0.1) is 13.3 Å². The first-order chi connectivity index (χ1) is 11.6. The summed E-state index contributed by atoms with van der Waals surface area (Å²) in [6.45, 7) is 3.51. The van der Waals surface area contributed by atoms with Gasteiger partial charge in [-0.1, -0.05) is 6.92 Å². The van der Waals surface area contributed by atoms with Gasteiger partial charge in [0.15, 0.2) is 0 Å². The number of nitrogens with two attached hydrogens (primary N) is 1. The molecular formula is C18H23N3O2S. The lowest BCUT2D eigenvalue weighted by Crippen LogP contribution is -2.49. The summed E-state index contributed by atoms with van der Waals surface area (Å²) in [4.78, 5) is 19.9. The van der Waals surface area contributed by atoms with Crippen molar-refractivity contribution in [1.29, 1.82) is 0 Å². The average molecular weight is 345 g/mol. The Morgan fingerprint density at radius 3 is 2.83 bits per heavy atom. The maximum absolute atomic E-state index is 12.8. The third-order valence-corrected chi connectivity index (χ3v) is 5.60. The first-order valence-corrected chi connectivity index (χ1v) is 9.05. The number of piperidine rings is 1. The Morgan fingerprint density at radius 1 is 1.42 bits per heavy atom. The standard InChI is InChI=1S/C18H23N3O2S/c1-12-7-8-21(14(9-12)10-19)18(22)16-11-20-17(24-16)13-3-5-15(23-2)6-4-13/h3-6,11-12,14H,7-10,19H2,1-2H3. The van der Waals surface area contributed by atoms with Crippen molar-refractivity contribution in [2.45, 2.75) is 25.8 Å². The van der Waals surface area contributed by atoms with E-state index in [1.807, 2.05) is 29.2 Å². The Balaban J connectivity index is 1.77. The SMILES string of the molecule is COc1ccc(-c2ncc(C(=O)N3CCC(C)CC3CN)s2)cc1. The van der Waals surface area contributed by atoms with Gasteiger partial charge in [0.25, 0.3) is 5.91 Å². The Bertz CT molecular complexity index is 699. The van der Waals surface area contributed by atoms with E-state index in [1.165, 1.54) is 11.3 Å². The van der Waals surface area contributed by atoms with Gasteiger partial charge in [-0.2, -0.15) is 0 Å². The molecule has 6 heteroatoms. The van der Waals surface area contributed by atoms with Crippen LogP contribution in [-0.2, 0) is 0 Å². The number of likely N-dealkylation sites (tertiary alicyclic amines) is 1. The van der Waals surface area contributed by atoms with Crippen LogP contribution >= 0.6 is 11.3 Å². The number of benzene rings is 1. The van der Waals surface area contributed by atoms with Crippen molar-refractivity contribution in [1.82, 2.24) is 9.88 Å². The number of ether oxygens (including phenoxy) is 1. The number of carbonyl (C=O) groups excluding carboxylic acids is 1. The molecule has 5 nitrogen and oxygen atoms in total. The predicted octanol–water partition coefficient (Wildman–Crippen LogP) is 3.02. The van der Waals surface area contributed by atoms with Crippen molar-refractivity contribution in [2.24, 2.45) is 11.7 Å². The average Bonchev–Trinajstić information content (AvgIpc) is 3.11. The molecule has 1 aromatic carbocycles. The van der Waals surface area contributed by atoms with Crippen LogP contribution in [0.3, 0.4) is 0 Å². The van der Waals surface area contributed by atoms with E-state index in [9.17, 15) is 4.79 Å². The predicted molar refractivity (Wildman–Crippen MR) is 96.4 cm³/mol. The first-order valence-electron chi connectivity index (χ1n) is 8.23. The van der Waals surface area contributed by atoms with Crippen LogP contribution in [0.15, 0.2) is 30.5 Å². The minimum Gasteiger partial charge on any atom is -0.497 e. The summed E-state index contributed by atoms with van der Waals surface area (Å²) in [7, 11) is 1.64. The van der Waals surface area contributed by atoms with Gasteiger partial charge in [-0.05, 0) is 43.0 Å². The number of nitrogens with zero attached hydrogens (tertiary/aromatic N) is 2. The number of aromatic nitrogens is 1. The van der Waals surface area contributed by atoms with E-state index in [0.29, 0.717) is 17.3 Å². The zero-order chi connectivity index (χ0) is 17.1. The quantitative estimate of drug-likeness (QED) is 0.925. The molecule has 128 valence electrons. The van der Waals surface area contributed by atoms with Gasteiger partial charge in [-0.15, -0.1) is 11.3 Å². The van der Waals surface area contributed by atoms with Gasteiger partial charge in [0.2, 0.25) is 0 Å². The summed E-state index contributed by atoms with van der Waals surface area (Å²) in [5.74, 6) is 1.48. The molecule has 3 rings (SSSR count). The smallest absolute Gasteiger partial charge is 0.265 e. The normalized spacial score (nSPS) is 20.9. The van der Waals surface area contributed by atoms with Crippen LogP contribution in [0.1, 0.15) is 29.4 Å². The molecule has 2 unspecified atom stereocenters. The van der Waals surface area contributed by atoms with E-state index in [4.69, 9.17) is 10.5 Å². The molecule has 24 heavy (non-hydrogen) atoms. The fourth-order valence-corrected chi connectivity index (χ4v) is 4.00. The third kappa shape index (κ3) is 3.44. The maximum Gasteiger partial charge on any atom is 0.265 e. The van der Waals surface area contributed by atoms with Gasteiger partial charge in [-0.3, -0.25) is 4.79 Å². The Kier molecular flexibility index (Phi) is 5.16. The minimum atomic E-state index is 0.0506. The summed E-state index contributed by atoms with van der Waals surface area (Å²) in [5.41, 5.74) is 6.87. The highest BCUT2D eigenvalue weighted by atomic mass is 32.1. The fourth-order valence-electron chi connectivity index (χ4n) is 3.12. The maximum atomic E-state index is 12.8. The second-order valence-corrected chi connectivity index (χ2v) is 7.31. The third-order valence-electron chi connectivity index (χ3n) is 4.56. The van der Waals surface area contributed by atoms with Crippen molar-refractivity contribution in [3.63, 3.8) is 0 Å². The molecule has 0 bridgehead atoms. The van der Waals surface area contributed by atoms with Crippen LogP contribution in [0.2, 0.25) is 0 Å². The van der Waals surface area contributed by atoms with Crippen molar-refractivity contribution < 1.29 is 9.53 Å². The van der Waals surface area contributed by atoms with Gasteiger partial charge in [0.1, 0.15) is 15.6 Å². The van der Waals surface area contributed by atoms with E-state index in [0.717, 1.165) is 35.7 Å². The molecule has 2 aromatic rings. The van der Waals surface area contributed by atoms with E-state index in [1.54, 1.807) is 13.3 Å². The van der Waals surface area contributed by atoms with Gasteiger partial charge >= 0.3 is 0 Å². The van der Waals surface area contributed by atoms with Crippen LogP contribution in [-0.4, -0.2) is 42.0 Å². The highest BCUT2D eigenvalue weighted by Gasteiger charge is 2.30. The molecule has 0 saturated carbocycles. The lowest BCUT2D eigenvalue weighted by atomic mass is 9.92. The van der Waals surface area contributed by atoms with Crippen LogP contribution < -0.4 is 10.5 Å². The first kappa shape index (κ1) is 16.9. The molecule has 1 aliphatic heterocycles. The van der Waals surface area contributed by atoms with Crippen molar-refractivity contribution in [3.05, 3.63) is 35.3 Å². The topological polar surface area (TPSA) is 68.5 Å². The van der Waals surface area contributed by atoms with Crippen molar-refractivity contribution >= 4 is 17.2 Å². The second-order valence-electron chi connectivity index (χ2n) is 6.28. The number of thiazole rings is 1. The molecule has 2 atom stereocenters. The monoisotopic (exact) mass is 345 g/mol. The lowest BCUT2D eigenvalue weighted by Gasteiger charge is -2.37. The molecule has 0 spiro atoms. The van der Waals surface area contributed by atoms with E-state index in [-0.39, 0.29) is 11.9 Å². The second kappa shape index (κ2) is 7.32. The number of carbonyl (C=O) groups is 1. The molecule has 1 saturated heterocycles. The Hall–Kier alpha value is -1.92. The number of hydrogen-bond acceptors (Lipinski definition) is 5. The number of methoxy groups -OCH3 is 1. The molecule has 1 aliphatic rings. The molecule has 0 radical (unpaired) electrons. The summed E-state index contributed by atoms with van der Waals surface area (Å²) < 4.78 is 5.17. The van der Waals surface area contributed by atoms with Crippen molar-refractivity contribution in [2.75, 3.05) is 20.2 Å². The largest absolute Gasteiger partial charge is 0.497 e. The summed E-state index contributed by atoms with van der Waals surface area (Å²) in [5, 5.41) is 0.843. The van der Waals surface area contributed by atoms with Gasteiger partial charge in [0, 0.05) is 24.7 Å². The van der Waals surface area contributed by atoms with E-state index in [2.05, 4.69) is 11.9 Å². The molecule has 1 aromatic heterocycles. The Labute approximate surface area is 146 Å². The molecule has 1 fully saturated rings. The lowest BCUT2D eigenvalue weighted by molar-refractivity contribution is 0.0578. The highest BCUT2D eigenvalue weighted by Crippen LogP contribution is 2.29. The van der Waals surface area contributed by atoms with Crippen LogP contribution in [0.4, 0.5) is 0 Å². The Morgan fingerprint density at radius 2 is 2.17 bits per heavy atom. The van der Waals surface area contributed by atoms with E-state index >= 15 is 0 Å². The van der Waals surface area contributed by atoms with E-state index < -0.39 is 0 Å². The zero-order valence-electron chi connectivity index (χ0n) is 14.1. The number of hydrogen-bond donors (Lipinski definition) is 1. The summed E-state index contributed by atoms with van der Waals surface area (Å²) in [6.07, 6.45) is 3.69. The molecule has 0 aliphatic carbocycles. The fraction of sp³-hybridized carbons (Fsp3) is 0.444. The number of amides is 1. The molecule has 2 heterocycles. The van der Waals surface area contributed by atoms with Crippen LogP contribution in [0, 0.1) is 5.92 Å². The van der Waals surface area contributed by atoms with Gasteiger partial charge in [-0.25, -0.2) is 4.98 Å². The summed E-state index contributed by atoms with van der Waals surface area (Å²) >= 11 is 1.43. The molecule has 1 amide bonds. The minimum absolute atomic E-state index is 0.0506. The number of rotatable bonds is 4. The van der Waals surface area contributed by atoms with Gasteiger partial charge < -0.3 is 15.4 Å². The summed E-state index contributed by atoms with van der Waals surface area (Å²) in [6, 6.07) is 7.84. The van der Waals surface area contributed by atoms with Crippen LogP contribution in [0.5, 0.6) is 5.75 Å². The molecule has 2 N–H and O–H groups in total. The van der Waals surface area contributed by atoms with Crippen LogP contribution in [0.25, 0.3) is 10.6 Å². The zero-order valence-corrected chi connectivity index (χ0v) is 14.9. The highest BCUT2D eigenvalue weighted by molar-refractivity contribution is 7.16. The van der Waals surface area contributed by atoms with Crippen molar-refractivity contribution in [3.8, 4) is 16.3 Å². The molecular weight excluding hydrogens is 322 g/mol.